The highest BCUT2D eigenvalue weighted by Crippen LogP contribution is 2.24. The first-order valence-electron chi connectivity index (χ1n) is 5.23. The van der Waals surface area contributed by atoms with Gasteiger partial charge in [0.1, 0.15) is 5.01 Å². The fraction of sp³-hybridized carbons (Fsp3) is 0.250. The van der Waals surface area contributed by atoms with E-state index in [0.717, 1.165) is 10.7 Å². The van der Waals surface area contributed by atoms with Crippen molar-refractivity contribution in [2.45, 2.75) is 19.8 Å². The Morgan fingerprint density at radius 1 is 1.41 bits per heavy atom. The molecule has 2 heterocycles. The summed E-state index contributed by atoms with van der Waals surface area (Å²) < 4.78 is 0. The molecule has 1 N–H and O–H groups in total. The van der Waals surface area contributed by atoms with E-state index in [1.54, 1.807) is 18.3 Å². The molecule has 0 saturated heterocycles. The van der Waals surface area contributed by atoms with Gasteiger partial charge in [-0.1, -0.05) is 13.8 Å². The number of carboxylic acid groups (broad SMARTS) is 1. The summed E-state index contributed by atoms with van der Waals surface area (Å²) >= 11 is 1.49. The largest absolute Gasteiger partial charge is 0.478 e. The molecule has 0 aromatic carbocycles. The zero-order valence-electron chi connectivity index (χ0n) is 9.54. The van der Waals surface area contributed by atoms with Crippen LogP contribution in [0.1, 0.15) is 35.8 Å². The number of rotatable bonds is 3. The van der Waals surface area contributed by atoms with Crippen molar-refractivity contribution < 1.29 is 9.90 Å². The molecule has 0 aliphatic heterocycles. The van der Waals surface area contributed by atoms with Crippen molar-refractivity contribution in [2.75, 3.05) is 0 Å². The molecule has 88 valence electrons. The summed E-state index contributed by atoms with van der Waals surface area (Å²) in [5, 5.41) is 11.8. The fourth-order valence-electron chi connectivity index (χ4n) is 1.56. The lowest BCUT2D eigenvalue weighted by Crippen LogP contribution is -2.07. The van der Waals surface area contributed by atoms with Gasteiger partial charge in [0.2, 0.25) is 0 Å². The van der Waals surface area contributed by atoms with E-state index in [1.807, 2.05) is 19.2 Å². The third-order valence-electron chi connectivity index (χ3n) is 2.35. The third-order valence-corrected chi connectivity index (χ3v) is 3.15. The second-order valence-electron chi connectivity index (χ2n) is 3.93. The average molecular weight is 248 g/mol. The lowest BCUT2D eigenvalue weighted by Gasteiger charge is -2.09. The van der Waals surface area contributed by atoms with Crippen molar-refractivity contribution in [1.29, 1.82) is 0 Å². The van der Waals surface area contributed by atoms with Crippen LogP contribution >= 0.6 is 11.3 Å². The van der Waals surface area contributed by atoms with E-state index < -0.39 is 5.97 Å². The monoisotopic (exact) mass is 248 g/mol. The van der Waals surface area contributed by atoms with Crippen LogP contribution in [0.15, 0.2) is 23.7 Å². The number of carbonyl (C=O) groups is 1. The lowest BCUT2D eigenvalue weighted by atomic mass is 10.0. The van der Waals surface area contributed by atoms with Gasteiger partial charge >= 0.3 is 5.97 Å². The van der Waals surface area contributed by atoms with E-state index in [4.69, 9.17) is 5.11 Å². The van der Waals surface area contributed by atoms with Crippen LogP contribution in [0.4, 0.5) is 0 Å². The van der Waals surface area contributed by atoms with E-state index >= 15 is 0 Å². The highest BCUT2D eigenvalue weighted by molar-refractivity contribution is 7.13. The van der Waals surface area contributed by atoms with Crippen LogP contribution in [0.2, 0.25) is 0 Å². The Kier molecular flexibility index (Phi) is 3.19. The maximum atomic E-state index is 11.1. The van der Waals surface area contributed by atoms with Gasteiger partial charge in [-0.3, -0.25) is 0 Å². The molecule has 0 aliphatic rings. The third kappa shape index (κ3) is 2.34. The summed E-state index contributed by atoms with van der Waals surface area (Å²) in [5.41, 5.74) is 1.60. The molecule has 17 heavy (non-hydrogen) atoms. The van der Waals surface area contributed by atoms with E-state index in [1.165, 1.54) is 11.3 Å². The maximum absolute atomic E-state index is 11.1. The molecule has 2 aromatic rings. The van der Waals surface area contributed by atoms with Gasteiger partial charge in [0.25, 0.3) is 0 Å². The summed E-state index contributed by atoms with van der Waals surface area (Å²) in [6, 6.07) is 3.30. The highest BCUT2D eigenvalue weighted by atomic mass is 32.1. The van der Waals surface area contributed by atoms with E-state index in [-0.39, 0.29) is 11.5 Å². The molecule has 5 heteroatoms. The first-order valence-corrected chi connectivity index (χ1v) is 6.11. The van der Waals surface area contributed by atoms with Crippen molar-refractivity contribution in [3.8, 4) is 10.7 Å². The minimum atomic E-state index is -0.938. The zero-order chi connectivity index (χ0) is 12.4. The molecule has 0 saturated carbocycles. The van der Waals surface area contributed by atoms with Crippen molar-refractivity contribution in [1.82, 2.24) is 9.97 Å². The van der Waals surface area contributed by atoms with Gasteiger partial charge in [-0.2, -0.15) is 0 Å². The minimum Gasteiger partial charge on any atom is -0.478 e. The summed E-state index contributed by atoms with van der Waals surface area (Å²) in [4.78, 5) is 19.6. The van der Waals surface area contributed by atoms with Gasteiger partial charge in [0.15, 0.2) is 0 Å². The molecule has 2 rings (SSSR count). The van der Waals surface area contributed by atoms with E-state index in [0.29, 0.717) is 5.69 Å². The Labute approximate surface area is 103 Å². The summed E-state index contributed by atoms with van der Waals surface area (Å²) in [7, 11) is 0. The van der Waals surface area contributed by atoms with Crippen LogP contribution < -0.4 is 0 Å². The number of aromatic carboxylic acids is 1. The maximum Gasteiger partial charge on any atom is 0.337 e. The number of aromatic nitrogens is 2. The second-order valence-corrected chi connectivity index (χ2v) is 4.82. The normalized spacial score (nSPS) is 10.8. The molecule has 0 bridgehead atoms. The summed E-state index contributed by atoms with van der Waals surface area (Å²) in [6.07, 6.45) is 1.71. The van der Waals surface area contributed by atoms with Gasteiger partial charge in [-0.15, -0.1) is 11.3 Å². The molecular formula is C12H12N2O2S. The van der Waals surface area contributed by atoms with Crippen molar-refractivity contribution in [2.24, 2.45) is 0 Å². The molecule has 0 radical (unpaired) electrons. The van der Waals surface area contributed by atoms with Gasteiger partial charge in [0.05, 0.1) is 17.0 Å². The zero-order valence-corrected chi connectivity index (χ0v) is 10.4. The fourth-order valence-corrected chi connectivity index (χ4v) is 2.17. The van der Waals surface area contributed by atoms with Crippen molar-refractivity contribution >= 4 is 17.3 Å². The number of hydrogen-bond donors (Lipinski definition) is 1. The van der Waals surface area contributed by atoms with Crippen LogP contribution in [0.25, 0.3) is 10.7 Å². The molecular weight excluding hydrogens is 236 g/mol. The van der Waals surface area contributed by atoms with Crippen LogP contribution in [0.5, 0.6) is 0 Å². The first-order chi connectivity index (χ1) is 8.09. The SMILES string of the molecule is CC(C)c1nc(-c2nccs2)ccc1C(=O)O. The Hall–Kier alpha value is -1.75. The van der Waals surface area contributed by atoms with Gasteiger partial charge in [-0.25, -0.2) is 14.8 Å². The number of pyridine rings is 1. The predicted octanol–water partition coefficient (Wildman–Crippen LogP) is 3.03. The van der Waals surface area contributed by atoms with E-state index in [9.17, 15) is 4.79 Å². The molecule has 0 atom stereocenters. The van der Waals surface area contributed by atoms with Crippen LogP contribution in [0.3, 0.4) is 0 Å². The Balaban J connectivity index is 2.53. The Morgan fingerprint density at radius 2 is 2.18 bits per heavy atom. The number of thiazole rings is 1. The van der Waals surface area contributed by atoms with E-state index in [2.05, 4.69) is 9.97 Å². The molecule has 2 aromatic heterocycles. The number of carboxylic acids is 1. The van der Waals surface area contributed by atoms with Gasteiger partial charge < -0.3 is 5.11 Å². The van der Waals surface area contributed by atoms with Gasteiger partial charge in [0, 0.05) is 11.6 Å². The molecule has 0 amide bonds. The quantitative estimate of drug-likeness (QED) is 0.906. The molecule has 0 unspecified atom stereocenters. The molecule has 0 spiro atoms. The minimum absolute atomic E-state index is 0.0704. The standard InChI is InChI=1S/C12H12N2O2S/c1-7(2)10-8(12(15)16)3-4-9(14-10)11-13-5-6-17-11/h3-7H,1-2H3,(H,15,16). The molecule has 0 aliphatic carbocycles. The lowest BCUT2D eigenvalue weighted by molar-refractivity contribution is 0.0694. The number of nitrogens with zero attached hydrogens (tertiary/aromatic N) is 2. The van der Waals surface area contributed by atoms with Crippen LogP contribution in [0, 0.1) is 0 Å². The smallest absolute Gasteiger partial charge is 0.337 e. The highest BCUT2D eigenvalue weighted by Gasteiger charge is 2.16. The predicted molar refractivity (Wildman–Crippen MR) is 66.4 cm³/mol. The Bertz CT molecular complexity index is 535. The molecule has 0 fully saturated rings. The van der Waals surface area contributed by atoms with Crippen molar-refractivity contribution in [3.05, 3.63) is 35.0 Å². The topological polar surface area (TPSA) is 63.1 Å². The van der Waals surface area contributed by atoms with Crippen LogP contribution in [-0.2, 0) is 0 Å². The van der Waals surface area contributed by atoms with Gasteiger partial charge in [-0.05, 0) is 18.1 Å². The Morgan fingerprint density at radius 3 is 2.71 bits per heavy atom. The summed E-state index contributed by atoms with van der Waals surface area (Å²) in [5.74, 6) is -0.868. The van der Waals surface area contributed by atoms with Crippen molar-refractivity contribution in [3.63, 3.8) is 0 Å². The molecule has 4 nitrogen and oxygen atoms in total. The number of hydrogen-bond acceptors (Lipinski definition) is 4. The summed E-state index contributed by atoms with van der Waals surface area (Å²) in [6.45, 7) is 3.86. The average Bonchev–Trinajstić information content (AvgIpc) is 2.81. The van der Waals surface area contributed by atoms with Crippen LogP contribution in [-0.4, -0.2) is 21.0 Å². The first kappa shape index (κ1) is 11.7. The second kappa shape index (κ2) is 4.63.